The van der Waals surface area contributed by atoms with Crippen molar-refractivity contribution in [3.63, 3.8) is 0 Å². The van der Waals surface area contributed by atoms with Crippen molar-refractivity contribution in [2.24, 2.45) is 5.10 Å². The first-order chi connectivity index (χ1) is 13.0. The number of aromatic amines is 1. The van der Waals surface area contributed by atoms with Crippen LogP contribution in [0.3, 0.4) is 0 Å². The molecule has 1 aromatic carbocycles. The minimum absolute atomic E-state index is 0.0846. The summed E-state index contributed by atoms with van der Waals surface area (Å²) in [5.74, 6) is 0.891. The molecule has 0 saturated heterocycles. The van der Waals surface area contributed by atoms with Crippen LogP contribution in [0.4, 0.5) is 5.69 Å². The Morgan fingerprint density at radius 1 is 1.52 bits per heavy atom. The van der Waals surface area contributed by atoms with E-state index in [9.17, 15) is 10.1 Å². The maximum atomic E-state index is 11.4. The molecule has 1 N–H and O–H groups in total. The first kappa shape index (κ1) is 18.7. The fraction of sp³-hybridized carbons (Fsp3) is 0.188. The summed E-state index contributed by atoms with van der Waals surface area (Å²) in [6.45, 7) is 2.02. The molecule has 0 aliphatic heterocycles. The molecule has 140 valence electrons. The average molecular weight is 405 g/mol. The second-order valence-electron chi connectivity index (χ2n) is 5.15. The Bertz CT molecular complexity index is 1040. The predicted octanol–water partition coefficient (Wildman–Crippen LogP) is 3.87. The SMILES string of the molecule is CCOc1c(OC)cc(/C=N\n2c(-c3cccs3)n[nH]c2=S)cc1[N+](=O)[O-]. The fourth-order valence-corrected chi connectivity index (χ4v) is 3.23. The highest BCUT2D eigenvalue weighted by Crippen LogP contribution is 2.38. The first-order valence-corrected chi connectivity index (χ1v) is 9.08. The van der Waals surface area contributed by atoms with E-state index >= 15 is 0 Å². The number of nitro benzene ring substituents is 1. The van der Waals surface area contributed by atoms with Gasteiger partial charge >= 0.3 is 5.69 Å². The van der Waals surface area contributed by atoms with Crippen LogP contribution in [0.25, 0.3) is 10.7 Å². The van der Waals surface area contributed by atoms with E-state index in [0.29, 0.717) is 16.2 Å². The van der Waals surface area contributed by atoms with Crippen molar-refractivity contribution in [2.45, 2.75) is 6.92 Å². The lowest BCUT2D eigenvalue weighted by Gasteiger charge is -2.10. The van der Waals surface area contributed by atoms with E-state index in [1.807, 2.05) is 17.5 Å². The Morgan fingerprint density at radius 3 is 2.96 bits per heavy atom. The molecule has 3 aromatic rings. The second kappa shape index (κ2) is 8.10. The summed E-state index contributed by atoms with van der Waals surface area (Å²) < 4.78 is 12.4. The highest BCUT2D eigenvalue weighted by atomic mass is 32.1. The van der Waals surface area contributed by atoms with Crippen LogP contribution in [0.1, 0.15) is 12.5 Å². The number of nitrogens with one attached hydrogen (secondary N) is 1. The second-order valence-corrected chi connectivity index (χ2v) is 6.48. The molecule has 0 bridgehead atoms. The van der Waals surface area contributed by atoms with Crippen molar-refractivity contribution in [1.82, 2.24) is 14.9 Å². The molecule has 0 unspecified atom stereocenters. The summed E-state index contributed by atoms with van der Waals surface area (Å²) in [7, 11) is 1.42. The summed E-state index contributed by atoms with van der Waals surface area (Å²) in [4.78, 5) is 11.8. The Balaban J connectivity index is 2.04. The lowest BCUT2D eigenvalue weighted by atomic mass is 10.2. The summed E-state index contributed by atoms with van der Waals surface area (Å²) in [5, 5.41) is 24.5. The first-order valence-electron chi connectivity index (χ1n) is 7.80. The minimum atomic E-state index is -0.522. The molecular formula is C16H15N5O4S2. The third-order valence-electron chi connectivity index (χ3n) is 3.48. The number of methoxy groups -OCH3 is 1. The van der Waals surface area contributed by atoms with Crippen LogP contribution in [0.15, 0.2) is 34.7 Å². The molecule has 0 atom stereocenters. The Hall–Kier alpha value is -3.05. The van der Waals surface area contributed by atoms with E-state index in [1.54, 1.807) is 13.0 Å². The van der Waals surface area contributed by atoms with Crippen molar-refractivity contribution >= 4 is 35.5 Å². The number of benzene rings is 1. The summed E-state index contributed by atoms with van der Waals surface area (Å²) >= 11 is 6.71. The van der Waals surface area contributed by atoms with Gasteiger partial charge in [-0.15, -0.1) is 11.3 Å². The van der Waals surface area contributed by atoms with Gasteiger partial charge in [0.05, 0.1) is 29.7 Å². The third kappa shape index (κ3) is 3.88. The van der Waals surface area contributed by atoms with Crippen molar-refractivity contribution < 1.29 is 14.4 Å². The van der Waals surface area contributed by atoms with E-state index in [0.717, 1.165) is 4.88 Å². The molecule has 27 heavy (non-hydrogen) atoms. The molecule has 3 rings (SSSR count). The molecule has 0 spiro atoms. The molecule has 2 heterocycles. The standard InChI is InChI=1S/C16H15N5O4S2/c1-3-25-14-11(21(22)23)7-10(8-12(14)24-2)9-17-20-15(18-19-16(20)26)13-5-4-6-27-13/h4-9H,3H2,1-2H3,(H,19,26)/b17-9-. The number of rotatable bonds is 7. The average Bonchev–Trinajstić information content (AvgIpc) is 3.30. The smallest absolute Gasteiger partial charge is 0.315 e. The molecule has 0 radical (unpaired) electrons. The Morgan fingerprint density at radius 2 is 2.33 bits per heavy atom. The van der Waals surface area contributed by atoms with Crippen molar-refractivity contribution in [3.05, 3.63) is 50.1 Å². The minimum Gasteiger partial charge on any atom is -0.493 e. The van der Waals surface area contributed by atoms with Crippen LogP contribution in [-0.4, -0.2) is 39.7 Å². The van der Waals surface area contributed by atoms with Crippen LogP contribution in [0.2, 0.25) is 0 Å². The number of hydrogen-bond donors (Lipinski definition) is 1. The topological polar surface area (TPSA) is 108 Å². The molecule has 11 heteroatoms. The number of aromatic nitrogens is 3. The van der Waals surface area contributed by atoms with Gasteiger partial charge in [-0.1, -0.05) is 6.07 Å². The maximum absolute atomic E-state index is 11.4. The van der Waals surface area contributed by atoms with Crippen LogP contribution >= 0.6 is 23.6 Å². The van der Waals surface area contributed by atoms with Gasteiger partial charge in [-0.3, -0.25) is 10.1 Å². The van der Waals surface area contributed by atoms with Crippen LogP contribution < -0.4 is 9.47 Å². The van der Waals surface area contributed by atoms with Crippen molar-refractivity contribution in [2.75, 3.05) is 13.7 Å². The maximum Gasteiger partial charge on any atom is 0.315 e. The highest BCUT2D eigenvalue weighted by molar-refractivity contribution is 7.71. The van der Waals surface area contributed by atoms with Crippen molar-refractivity contribution in [1.29, 1.82) is 0 Å². The quantitative estimate of drug-likeness (QED) is 0.277. The summed E-state index contributed by atoms with van der Waals surface area (Å²) in [6, 6.07) is 6.76. The zero-order valence-corrected chi connectivity index (χ0v) is 16.0. The van der Waals surface area contributed by atoms with Crippen molar-refractivity contribution in [3.8, 4) is 22.2 Å². The lowest BCUT2D eigenvalue weighted by molar-refractivity contribution is -0.385. The van der Waals surface area contributed by atoms with Gasteiger partial charge in [0.1, 0.15) is 0 Å². The predicted molar refractivity (Wildman–Crippen MR) is 105 cm³/mol. The van der Waals surface area contributed by atoms with Gasteiger partial charge in [-0.25, -0.2) is 5.10 Å². The summed E-state index contributed by atoms with van der Waals surface area (Å²) in [5.41, 5.74) is 0.258. The largest absolute Gasteiger partial charge is 0.493 e. The number of H-pyrrole nitrogens is 1. The number of nitro groups is 1. The number of hydrogen-bond acceptors (Lipinski definition) is 8. The Kier molecular flexibility index (Phi) is 5.62. The number of thiophene rings is 1. The van der Waals surface area contributed by atoms with Gasteiger partial charge in [0, 0.05) is 11.6 Å². The highest BCUT2D eigenvalue weighted by Gasteiger charge is 2.21. The molecule has 2 aromatic heterocycles. The van der Waals surface area contributed by atoms with Crippen LogP contribution in [0.5, 0.6) is 11.5 Å². The Labute approximate surface area is 163 Å². The molecular weight excluding hydrogens is 390 g/mol. The molecule has 0 aliphatic carbocycles. The molecule has 0 aliphatic rings. The number of ether oxygens (including phenoxy) is 2. The molecule has 0 saturated carbocycles. The van der Waals surface area contributed by atoms with Gasteiger partial charge in [0.25, 0.3) is 0 Å². The molecule has 0 fully saturated rings. The lowest BCUT2D eigenvalue weighted by Crippen LogP contribution is -2.02. The summed E-state index contributed by atoms with van der Waals surface area (Å²) in [6.07, 6.45) is 1.45. The van der Waals surface area contributed by atoms with E-state index in [-0.39, 0.29) is 23.8 Å². The van der Waals surface area contributed by atoms with Gasteiger partial charge in [0.15, 0.2) is 11.6 Å². The van der Waals surface area contributed by atoms with Gasteiger partial charge in [-0.05, 0) is 36.7 Å². The zero-order chi connectivity index (χ0) is 19.4. The van der Waals surface area contributed by atoms with E-state index in [1.165, 1.54) is 35.4 Å². The van der Waals surface area contributed by atoms with Gasteiger partial charge in [-0.2, -0.15) is 14.9 Å². The number of nitrogens with zero attached hydrogens (tertiary/aromatic N) is 4. The normalized spacial score (nSPS) is 11.0. The zero-order valence-electron chi connectivity index (χ0n) is 14.4. The fourth-order valence-electron chi connectivity index (χ4n) is 2.35. The van der Waals surface area contributed by atoms with Gasteiger partial charge < -0.3 is 9.47 Å². The van der Waals surface area contributed by atoms with E-state index in [4.69, 9.17) is 21.7 Å². The van der Waals surface area contributed by atoms with E-state index < -0.39 is 4.92 Å². The van der Waals surface area contributed by atoms with Crippen LogP contribution in [0, 0.1) is 14.9 Å². The van der Waals surface area contributed by atoms with Gasteiger partial charge in [0.2, 0.25) is 10.5 Å². The van der Waals surface area contributed by atoms with Crippen LogP contribution in [-0.2, 0) is 0 Å². The molecule has 9 nitrogen and oxygen atoms in total. The van der Waals surface area contributed by atoms with E-state index in [2.05, 4.69) is 15.3 Å². The third-order valence-corrected chi connectivity index (χ3v) is 4.61. The monoisotopic (exact) mass is 405 g/mol. The molecule has 0 amide bonds.